The van der Waals surface area contributed by atoms with Gasteiger partial charge in [0.1, 0.15) is 6.04 Å². The van der Waals surface area contributed by atoms with Crippen LogP contribution in [-0.2, 0) is 9.59 Å². The normalized spacial score (nSPS) is 27.0. The summed E-state index contributed by atoms with van der Waals surface area (Å²) < 4.78 is 0. The molecule has 6 heteroatoms. The van der Waals surface area contributed by atoms with Gasteiger partial charge in [-0.05, 0) is 37.5 Å². The molecule has 5 nitrogen and oxygen atoms in total. The van der Waals surface area contributed by atoms with E-state index in [2.05, 4.69) is 16.0 Å². The Morgan fingerprint density at radius 2 is 2.17 bits per heavy atom. The van der Waals surface area contributed by atoms with Crippen LogP contribution in [0.3, 0.4) is 0 Å². The minimum absolute atomic E-state index is 0.0221. The van der Waals surface area contributed by atoms with Crippen molar-refractivity contribution in [2.75, 3.05) is 5.32 Å². The number of carbonyl (C=O) groups is 2. The quantitative estimate of drug-likeness (QED) is 0.779. The first-order valence-electron chi connectivity index (χ1n) is 8.24. The number of quaternary nitrogens is 1. The summed E-state index contributed by atoms with van der Waals surface area (Å²) in [5.41, 5.74) is 1.65. The largest absolute Gasteiger partial charge is 0.342 e. The van der Waals surface area contributed by atoms with Crippen LogP contribution in [0.25, 0.3) is 0 Å². The maximum Gasteiger partial charge on any atom is 0.279 e. The minimum atomic E-state index is -0.339. The van der Waals surface area contributed by atoms with Crippen LogP contribution in [0, 0.1) is 6.92 Å². The summed E-state index contributed by atoms with van der Waals surface area (Å²) in [7, 11) is 0. The number of nitrogens with two attached hydrogens (primary N) is 1. The van der Waals surface area contributed by atoms with Crippen LogP contribution in [0.5, 0.6) is 0 Å². The highest BCUT2D eigenvalue weighted by molar-refractivity contribution is 6.31. The third kappa shape index (κ3) is 3.85. The average Bonchev–Trinajstić information content (AvgIpc) is 2.51. The number of carbonyl (C=O) groups excluding carboxylic acids is 2. The molecule has 1 saturated heterocycles. The number of amides is 2. The number of halogens is 1. The smallest absolute Gasteiger partial charge is 0.279 e. The molecule has 2 fully saturated rings. The molecule has 0 aromatic heterocycles. The van der Waals surface area contributed by atoms with E-state index in [1.54, 1.807) is 12.1 Å². The number of benzene rings is 1. The van der Waals surface area contributed by atoms with Crippen molar-refractivity contribution >= 4 is 29.1 Å². The van der Waals surface area contributed by atoms with Gasteiger partial charge in [0, 0.05) is 17.1 Å². The third-order valence-electron chi connectivity index (χ3n) is 4.84. The molecule has 23 heavy (non-hydrogen) atoms. The van der Waals surface area contributed by atoms with Crippen LogP contribution in [0.2, 0.25) is 5.02 Å². The monoisotopic (exact) mass is 336 g/mol. The molecule has 4 N–H and O–H groups in total. The van der Waals surface area contributed by atoms with Crippen LogP contribution in [0.4, 0.5) is 5.69 Å². The average molecular weight is 337 g/mol. The van der Waals surface area contributed by atoms with Crippen molar-refractivity contribution in [2.24, 2.45) is 0 Å². The zero-order valence-corrected chi connectivity index (χ0v) is 14.0. The second-order valence-electron chi connectivity index (χ2n) is 6.57. The van der Waals surface area contributed by atoms with Crippen LogP contribution >= 0.6 is 11.6 Å². The van der Waals surface area contributed by atoms with E-state index in [1.165, 1.54) is 12.8 Å². The van der Waals surface area contributed by atoms with Crippen LogP contribution in [0.15, 0.2) is 18.2 Å². The molecule has 2 amide bonds. The molecule has 3 atom stereocenters. The first-order chi connectivity index (χ1) is 11.0. The highest BCUT2D eigenvalue weighted by Crippen LogP contribution is 2.21. The van der Waals surface area contributed by atoms with Gasteiger partial charge in [0.2, 0.25) is 5.91 Å². The fourth-order valence-electron chi connectivity index (χ4n) is 3.54. The predicted molar refractivity (Wildman–Crippen MR) is 89.3 cm³/mol. The van der Waals surface area contributed by atoms with Crippen LogP contribution in [-0.4, -0.2) is 29.9 Å². The predicted octanol–water partition coefficient (Wildman–Crippen LogP) is 1.35. The highest BCUT2D eigenvalue weighted by atomic mass is 35.5. The Morgan fingerprint density at radius 3 is 3.00 bits per heavy atom. The maximum absolute atomic E-state index is 12.3. The molecular weight excluding hydrogens is 314 g/mol. The van der Waals surface area contributed by atoms with Crippen molar-refractivity contribution in [3.8, 4) is 0 Å². The topological polar surface area (TPSA) is 74.8 Å². The first-order valence-corrected chi connectivity index (χ1v) is 8.62. The Hall–Kier alpha value is -1.59. The summed E-state index contributed by atoms with van der Waals surface area (Å²) in [6, 6.07) is 5.73. The maximum atomic E-state index is 12.3. The number of hydrogen-bond donors (Lipinski definition) is 3. The van der Waals surface area contributed by atoms with E-state index in [4.69, 9.17) is 11.6 Å². The van der Waals surface area contributed by atoms with Crippen molar-refractivity contribution in [3.63, 3.8) is 0 Å². The Kier molecular flexibility index (Phi) is 4.87. The van der Waals surface area contributed by atoms with Crippen molar-refractivity contribution in [1.29, 1.82) is 0 Å². The van der Waals surface area contributed by atoms with Crippen molar-refractivity contribution in [3.05, 3.63) is 28.8 Å². The molecule has 0 bridgehead atoms. The van der Waals surface area contributed by atoms with E-state index < -0.39 is 0 Å². The van der Waals surface area contributed by atoms with E-state index in [0.717, 1.165) is 18.4 Å². The summed E-state index contributed by atoms with van der Waals surface area (Å²) >= 11 is 5.97. The molecule has 1 aliphatic carbocycles. The molecule has 1 saturated carbocycles. The number of nitrogens with one attached hydrogen (secondary N) is 2. The fourth-order valence-corrected chi connectivity index (χ4v) is 3.71. The van der Waals surface area contributed by atoms with E-state index in [9.17, 15) is 9.59 Å². The molecule has 1 heterocycles. The molecule has 0 unspecified atom stereocenters. The first kappa shape index (κ1) is 16.3. The van der Waals surface area contributed by atoms with Gasteiger partial charge < -0.3 is 16.0 Å². The second-order valence-corrected chi connectivity index (χ2v) is 7.01. The van der Waals surface area contributed by atoms with Crippen molar-refractivity contribution in [1.82, 2.24) is 5.32 Å². The molecule has 1 aromatic rings. The van der Waals surface area contributed by atoms with Gasteiger partial charge in [-0.3, -0.25) is 9.59 Å². The lowest BCUT2D eigenvalue weighted by atomic mass is 9.87. The van der Waals surface area contributed by atoms with Gasteiger partial charge >= 0.3 is 0 Å². The summed E-state index contributed by atoms with van der Waals surface area (Å²) in [5.74, 6) is -0.174. The minimum Gasteiger partial charge on any atom is -0.342 e. The van der Waals surface area contributed by atoms with Gasteiger partial charge in [0.15, 0.2) is 6.04 Å². The third-order valence-corrected chi connectivity index (χ3v) is 5.08. The molecule has 1 aliphatic heterocycles. The van der Waals surface area contributed by atoms with Gasteiger partial charge in [0.05, 0.1) is 12.5 Å². The number of fused-ring (bicyclic) bond motifs is 1. The lowest BCUT2D eigenvalue weighted by molar-refractivity contribution is -0.718. The van der Waals surface area contributed by atoms with E-state index in [1.807, 2.05) is 13.0 Å². The zero-order chi connectivity index (χ0) is 16.4. The Bertz CT molecular complexity index is 620. The number of hydrogen-bond acceptors (Lipinski definition) is 2. The molecule has 3 rings (SSSR count). The number of anilines is 1. The number of rotatable bonds is 3. The zero-order valence-electron chi connectivity index (χ0n) is 13.3. The van der Waals surface area contributed by atoms with Gasteiger partial charge in [0.25, 0.3) is 5.91 Å². The fraction of sp³-hybridized carbons (Fsp3) is 0.529. The summed E-state index contributed by atoms with van der Waals surface area (Å²) in [6.45, 7) is 1.91. The van der Waals surface area contributed by atoms with Crippen molar-refractivity contribution in [2.45, 2.75) is 57.2 Å². The SMILES string of the molecule is Cc1ccc(Cl)cc1NC(=O)C[C@@H]1[NH2+][C@H]2CCCC[C@H]2NC1=O. The van der Waals surface area contributed by atoms with Crippen LogP contribution in [0.1, 0.15) is 37.7 Å². The van der Waals surface area contributed by atoms with Gasteiger partial charge in [-0.2, -0.15) is 0 Å². The molecule has 0 spiro atoms. The standard InChI is InChI=1S/C17H22ClN3O2/c1-10-6-7-11(18)8-14(10)20-16(22)9-15-17(23)21-13-5-3-2-4-12(13)19-15/h6-8,12-13,15,19H,2-5,9H2,1H3,(H,20,22)(H,21,23)/p+1/t12-,13+,15-/m0/s1. The Balaban J connectivity index is 1.61. The Morgan fingerprint density at radius 1 is 1.39 bits per heavy atom. The summed E-state index contributed by atoms with van der Waals surface area (Å²) in [4.78, 5) is 24.5. The van der Waals surface area contributed by atoms with Crippen molar-refractivity contribution < 1.29 is 14.9 Å². The second kappa shape index (κ2) is 6.89. The lowest BCUT2D eigenvalue weighted by Gasteiger charge is -2.37. The van der Waals surface area contributed by atoms with Gasteiger partial charge in [-0.15, -0.1) is 0 Å². The number of aryl methyl sites for hydroxylation is 1. The van der Waals surface area contributed by atoms with E-state index in [-0.39, 0.29) is 30.3 Å². The molecule has 2 aliphatic rings. The van der Waals surface area contributed by atoms with Gasteiger partial charge in [-0.25, -0.2) is 0 Å². The lowest BCUT2D eigenvalue weighted by Crippen LogP contribution is -3.03. The molecular formula is C17H23ClN3O2+. The number of piperazine rings is 1. The van der Waals surface area contributed by atoms with Gasteiger partial charge in [-0.1, -0.05) is 24.1 Å². The van der Waals surface area contributed by atoms with Crippen LogP contribution < -0.4 is 16.0 Å². The molecule has 1 aromatic carbocycles. The summed E-state index contributed by atoms with van der Waals surface area (Å²) in [6.07, 6.45) is 4.72. The Labute approximate surface area is 141 Å². The highest BCUT2D eigenvalue weighted by Gasteiger charge is 2.40. The van der Waals surface area contributed by atoms with E-state index >= 15 is 0 Å². The summed E-state index contributed by atoms with van der Waals surface area (Å²) in [5, 5.41) is 8.63. The molecule has 124 valence electrons. The molecule has 0 radical (unpaired) electrons. The van der Waals surface area contributed by atoms with E-state index in [0.29, 0.717) is 16.8 Å².